The van der Waals surface area contributed by atoms with Crippen molar-refractivity contribution in [3.8, 4) is 0 Å². The van der Waals surface area contributed by atoms with E-state index in [0.717, 1.165) is 19.3 Å². The quantitative estimate of drug-likeness (QED) is 0.908. The topological polar surface area (TPSA) is 64.3 Å². The molecule has 1 atom stereocenters. The zero-order chi connectivity index (χ0) is 14.3. The van der Waals surface area contributed by atoms with E-state index in [2.05, 4.69) is 21.0 Å². The second-order valence-corrected chi connectivity index (χ2v) is 5.56. The van der Waals surface area contributed by atoms with Crippen LogP contribution in [0, 0.1) is 5.82 Å². The summed E-state index contributed by atoms with van der Waals surface area (Å²) in [7, 11) is 0. The second-order valence-electron chi connectivity index (χ2n) is 4.70. The number of carboxylic acids is 1. The maximum absolute atomic E-state index is 13.7. The largest absolute Gasteiger partial charge is 0.476 e. The van der Waals surface area contributed by atoms with E-state index >= 15 is 0 Å². The molecule has 20 heavy (non-hydrogen) atoms. The minimum atomic E-state index is -1.14. The molecule has 0 aliphatic carbocycles. The first-order valence-corrected chi connectivity index (χ1v) is 7.09. The van der Waals surface area contributed by atoms with Crippen molar-refractivity contribution >= 4 is 32.8 Å². The first kappa shape index (κ1) is 13.5. The lowest BCUT2D eigenvalue weighted by atomic mass is 10.1. The fourth-order valence-electron chi connectivity index (χ4n) is 2.43. The Kier molecular flexibility index (Phi) is 3.47. The molecule has 106 valence electrons. The zero-order valence-electron chi connectivity index (χ0n) is 10.5. The lowest BCUT2D eigenvalue weighted by molar-refractivity contribution is -0.0368. The van der Waals surface area contributed by atoms with E-state index in [0.29, 0.717) is 17.5 Å². The van der Waals surface area contributed by atoms with Crippen LogP contribution in [0.25, 0.3) is 10.9 Å². The van der Waals surface area contributed by atoms with Crippen molar-refractivity contribution in [2.24, 2.45) is 0 Å². The Hall–Kier alpha value is -1.47. The Morgan fingerprint density at radius 3 is 2.95 bits per heavy atom. The summed E-state index contributed by atoms with van der Waals surface area (Å²) in [6.07, 6.45) is 2.36. The number of carbonyl (C=O) groups is 1. The molecule has 1 aromatic carbocycles. The number of hydrogen-bond donors (Lipinski definition) is 1. The third-order valence-corrected chi connectivity index (χ3v) is 3.99. The summed E-state index contributed by atoms with van der Waals surface area (Å²) >= 11 is 3.07. The van der Waals surface area contributed by atoms with E-state index in [1.54, 1.807) is 0 Å². The molecule has 1 fully saturated rings. The molecule has 1 unspecified atom stereocenters. The predicted molar refractivity (Wildman–Crippen MR) is 73.2 cm³/mol. The molecule has 0 amide bonds. The number of ether oxygens (including phenoxy) is 1. The molecule has 0 bridgehead atoms. The number of hydrogen-bond acceptors (Lipinski definition) is 3. The highest BCUT2D eigenvalue weighted by Gasteiger charge is 2.24. The van der Waals surface area contributed by atoms with Gasteiger partial charge in [0.05, 0.1) is 9.99 Å². The molecule has 2 aromatic rings. The molecule has 0 radical (unpaired) electrons. The number of aromatic nitrogens is 2. The van der Waals surface area contributed by atoms with Crippen molar-refractivity contribution in [2.45, 2.75) is 25.5 Å². The Balaban J connectivity index is 2.20. The van der Waals surface area contributed by atoms with E-state index < -0.39 is 11.8 Å². The first-order valence-electron chi connectivity index (χ1n) is 6.30. The first-order chi connectivity index (χ1) is 9.58. The Morgan fingerprint density at radius 1 is 1.50 bits per heavy atom. The monoisotopic (exact) mass is 342 g/mol. The molecule has 2 heterocycles. The standard InChI is InChI=1S/C13H12BrFN2O3/c14-8-5-7-10(6-9(8)15)17(16-12(7)13(18)19)11-3-1-2-4-20-11/h5-6,11H,1-4H2,(H,18,19). The molecular weight excluding hydrogens is 331 g/mol. The molecular formula is C13H12BrFN2O3. The van der Waals surface area contributed by atoms with E-state index in [9.17, 15) is 14.3 Å². The Bertz CT molecular complexity index is 680. The summed E-state index contributed by atoms with van der Waals surface area (Å²) in [5, 5.41) is 13.7. The van der Waals surface area contributed by atoms with Crippen LogP contribution < -0.4 is 0 Å². The zero-order valence-corrected chi connectivity index (χ0v) is 12.1. The van der Waals surface area contributed by atoms with Gasteiger partial charge in [0, 0.05) is 18.1 Å². The highest BCUT2D eigenvalue weighted by molar-refractivity contribution is 9.10. The van der Waals surface area contributed by atoms with Crippen LogP contribution in [0.1, 0.15) is 36.0 Å². The molecule has 1 aromatic heterocycles. The molecule has 1 aliphatic rings. The fourth-order valence-corrected chi connectivity index (χ4v) is 2.77. The minimum Gasteiger partial charge on any atom is -0.476 e. The van der Waals surface area contributed by atoms with Crippen molar-refractivity contribution in [2.75, 3.05) is 6.61 Å². The lowest BCUT2D eigenvalue weighted by Crippen LogP contribution is -2.19. The van der Waals surface area contributed by atoms with Gasteiger partial charge >= 0.3 is 5.97 Å². The normalized spacial score (nSPS) is 19.4. The Labute approximate surface area is 122 Å². The summed E-state index contributed by atoms with van der Waals surface area (Å²) < 4.78 is 21.0. The van der Waals surface area contributed by atoms with Gasteiger partial charge < -0.3 is 9.84 Å². The van der Waals surface area contributed by atoms with Gasteiger partial charge in [0.15, 0.2) is 11.9 Å². The Morgan fingerprint density at radius 2 is 2.30 bits per heavy atom. The highest BCUT2D eigenvalue weighted by atomic mass is 79.9. The van der Waals surface area contributed by atoms with Crippen LogP contribution in [0.5, 0.6) is 0 Å². The van der Waals surface area contributed by atoms with E-state index in [-0.39, 0.29) is 16.4 Å². The minimum absolute atomic E-state index is 0.0881. The molecule has 0 spiro atoms. The molecule has 1 N–H and O–H groups in total. The van der Waals surface area contributed by atoms with Crippen LogP contribution >= 0.6 is 15.9 Å². The molecule has 3 rings (SSSR count). The van der Waals surface area contributed by atoms with Gasteiger partial charge in [0.1, 0.15) is 5.82 Å². The number of halogens is 2. The van der Waals surface area contributed by atoms with Gasteiger partial charge in [-0.15, -0.1) is 0 Å². The van der Waals surface area contributed by atoms with Crippen LogP contribution in [0.4, 0.5) is 4.39 Å². The summed E-state index contributed by atoms with van der Waals surface area (Å²) in [4.78, 5) is 11.3. The average Bonchev–Trinajstić information content (AvgIpc) is 2.79. The van der Waals surface area contributed by atoms with Crippen molar-refractivity contribution in [3.63, 3.8) is 0 Å². The van der Waals surface area contributed by atoms with Gasteiger partial charge in [-0.2, -0.15) is 5.10 Å². The van der Waals surface area contributed by atoms with Crippen molar-refractivity contribution in [1.82, 2.24) is 9.78 Å². The SMILES string of the molecule is O=C(O)c1nn(C2CCCCO2)c2cc(F)c(Br)cc12. The van der Waals surface area contributed by atoms with Crippen molar-refractivity contribution in [1.29, 1.82) is 0 Å². The van der Waals surface area contributed by atoms with Crippen molar-refractivity contribution < 1.29 is 19.0 Å². The van der Waals surface area contributed by atoms with Crippen LogP contribution in [0.3, 0.4) is 0 Å². The van der Waals surface area contributed by atoms with Gasteiger partial charge in [0.2, 0.25) is 0 Å². The molecule has 1 saturated heterocycles. The van der Waals surface area contributed by atoms with E-state index in [1.165, 1.54) is 16.8 Å². The molecule has 1 aliphatic heterocycles. The number of nitrogens with zero attached hydrogens (tertiary/aromatic N) is 2. The van der Waals surface area contributed by atoms with Crippen LogP contribution in [0.2, 0.25) is 0 Å². The van der Waals surface area contributed by atoms with E-state index in [1.807, 2.05) is 0 Å². The fraction of sp³-hybridized carbons (Fsp3) is 0.385. The molecule has 0 saturated carbocycles. The van der Waals surface area contributed by atoms with Crippen LogP contribution in [0.15, 0.2) is 16.6 Å². The summed E-state index contributed by atoms with van der Waals surface area (Å²) in [5.41, 5.74) is 0.352. The van der Waals surface area contributed by atoms with E-state index in [4.69, 9.17) is 4.74 Å². The summed E-state index contributed by atoms with van der Waals surface area (Å²) in [5.74, 6) is -1.59. The number of rotatable bonds is 2. The number of carboxylic acid groups (broad SMARTS) is 1. The van der Waals surface area contributed by atoms with Gasteiger partial charge in [-0.1, -0.05) is 0 Å². The van der Waals surface area contributed by atoms with Crippen molar-refractivity contribution in [3.05, 3.63) is 28.1 Å². The third-order valence-electron chi connectivity index (χ3n) is 3.38. The summed E-state index contributed by atoms with van der Waals surface area (Å²) in [6.45, 7) is 0.605. The summed E-state index contributed by atoms with van der Waals surface area (Å²) in [6, 6.07) is 2.73. The average molecular weight is 343 g/mol. The van der Waals surface area contributed by atoms with Gasteiger partial charge in [-0.05, 0) is 41.3 Å². The molecule has 7 heteroatoms. The maximum Gasteiger partial charge on any atom is 0.357 e. The van der Waals surface area contributed by atoms with Crippen LogP contribution in [-0.2, 0) is 4.74 Å². The molecule has 5 nitrogen and oxygen atoms in total. The maximum atomic E-state index is 13.7. The second kappa shape index (κ2) is 5.14. The highest BCUT2D eigenvalue weighted by Crippen LogP contribution is 2.31. The predicted octanol–water partition coefficient (Wildman–Crippen LogP) is 3.34. The third kappa shape index (κ3) is 2.20. The van der Waals surface area contributed by atoms with Gasteiger partial charge in [0.25, 0.3) is 0 Å². The van der Waals surface area contributed by atoms with Gasteiger partial charge in [-0.3, -0.25) is 0 Å². The smallest absolute Gasteiger partial charge is 0.357 e. The van der Waals surface area contributed by atoms with Gasteiger partial charge in [-0.25, -0.2) is 13.9 Å². The number of benzene rings is 1. The lowest BCUT2D eigenvalue weighted by Gasteiger charge is -2.23. The number of fused-ring (bicyclic) bond motifs is 1. The number of aromatic carboxylic acids is 1. The van der Waals surface area contributed by atoms with Crippen LogP contribution in [-0.4, -0.2) is 27.5 Å².